The Morgan fingerprint density at radius 3 is 2.53 bits per heavy atom. The molecule has 0 aromatic carbocycles. The molecule has 0 amide bonds. The van der Waals surface area contributed by atoms with Crippen molar-refractivity contribution >= 4 is 5.97 Å². The van der Waals surface area contributed by atoms with E-state index < -0.39 is 5.41 Å². The Balaban J connectivity index is 2.37. The fourth-order valence-electron chi connectivity index (χ4n) is 2.45. The zero-order chi connectivity index (χ0) is 12.9. The summed E-state index contributed by atoms with van der Waals surface area (Å²) in [6.07, 6.45) is 2.26. The fraction of sp³-hybridized carbons (Fsp3) is 0.923. The van der Waals surface area contributed by atoms with Gasteiger partial charge in [-0.3, -0.25) is 4.79 Å². The van der Waals surface area contributed by atoms with E-state index in [0.29, 0.717) is 5.92 Å². The van der Waals surface area contributed by atoms with E-state index in [1.807, 2.05) is 13.8 Å². The van der Waals surface area contributed by atoms with Crippen LogP contribution < -0.4 is 0 Å². The van der Waals surface area contributed by atoms with Gasteiger partial charge in [0.05, 0.1) is 12.5 Å². The molecule has 0 bridgehead atoms. The van der Waals surface area contributed by atoms with Gasteiger partial charge in [-0.1, -0.05) is 0 Å². The lowest BCUT2D eigenvalue weighted by molar-refractivity contribution is -0.151. The molecular formula is C13H25NO3. The van der Waals surface area contributed by atoms with Crippen LogP contribution in [0.1, 0.15) is 26.7 Å². The van der Waals surface area contributed by atoms with E-state index in [9.17, 15) is 4.79 Å². The van der Waals surface area contributed by atoms with E-state index in [-0.39, 0.29) is 5.97 Å². The van der Waals surface area contributed by atoms with Gasteiger partial charge in [0.2, 0.25) is 0 Å². The van der Waals surface area contributed by atoms with Crippen LogP contribution in [-0.2, 0) is 14.3 Å². The van der Waals surface area contributed by atoms with Crippen molar-refractivity contribution < 1.29 is 14.3 Å². The maximum atomic E-state index is 11.6. The lowest BCUT2D eigenvalue weighted by Gasteiger charge is -2.31. The number of ether oxygens (including phenoxy) is 2. The Hall–Kier alpha value is -0.610. The molecule has 1 saturated heterocycles. The summed E-state index contributed by atoms with van der Waals surface area (Å²) in [7, 11) is 3.52. The van der Waals surface area contributed by atoms with Crippen molar-refractivity contribution in [1.82, 2.24) is 4.90 Å². The first-order chi connectivity index (χ1) is 7.95. The number of nitrogens with zero attached hydrogens (tertiary/aromatic N) is 1. The van der Waals surface area contributed by atoms with Gasteiger partial charge in [0.15, 0.2) is 0 Å². The van der Waals surface area contributed by atoms with Gasteiger partial charge >= 0.3 is 5.97 Å². The van der Waals surface area contributed by atoms with Crippen LogP contribution in [0.25, 0.3) is 0 Å². The van der Waals surface area contributed by atoms with Crippen LogP contribution in [0.4, 0.5) is 0 Å². The van der Waals surface area contributed by atoms with Crippen molar-refractivity contribution in [2.75, 3.05) is 40.5 Å². The second kappa shape index (κ2) is 6.36. The van der Waals surface area contributed by atoms with Crippen LogP contribution in [0.3, 0.4) is 0 Å². The molecule has 1 aliphatic rings. The lowest BCUT2D eigenvalue weighted by Crippen LogP contribution is -2.40. The van der Waals surface area contributed by atoms with Gasteiger partial charge in [-0.25, -0.2) is 0 Å². The van der Waals surface area contributed by atoms with Crippen LogP contribution in [-0.4, -0.2) is 51.3 Å². The van der Waals surface area contributed by atoms with Gasteiger partial charge in [0.25, 0.3) is 0 Å². The highest BCUT2D eigenvalue weighted by Gasteiger charge is 2.30. The summed E-state index contributed by atoms with van der Waals surface area (Å²) in [4.78, 5) is 13.8. The molecular weight excluding hydrogens is 218 g/mol. The maximum absolute atomic E-state index is 11.6. The molecule has 0 radical (unpaired) electrons. The van der Waals surface area contributed by atoms with Crippen LogP contribution in [0.15, 0.2) is 0 Å². The minimum absolute atomic E-state index is 0.142. The second-order valence-corrected chi connectivity index (χ2v) is 5.63. The predicted octanol–water partition coefficient (Wildman–Crippen LogP) is 1.54. The topological polar surface area (TPSA) is 38.8 Å². The fourth-order valence-corrected chi connectivity index (χ4v) is 2.45. The third-order valence-electron chi connectivity index (χ3n) is 3.31. The van der Waals surface area contributed by atoms with Gasteiger partial charge in [-0.05, 0) is 39.7 Å². The summed E-state index contributed by atoms with van der Waals surface area (Å²) < 4.78 is 10.2. The smallest absolute Gasteiger partial charge is 0.312 e. The van der Waals surface area contributed by atoms with Crippen molar-refractivity contribution in [1.29, 1.82) is 0 Å². The monoisotopic (exact) mass is 243 g/mol. The van der Waals surface area contributed by atoms with E-state index in [1.54, 1.807) is 0 Å². The molecule has 1 heterocycles. The first-order valence-corrected chi connectivity index (χ1v) is 6.30. The number of carbonyl (C=O) groups excluding carboxylic acids is 1. The SMILES string of the molecule is COC(=O)C(C)(C)CN(C)CC1CCOCC1. The average Bonchev–Trinajstić information content (AvgIpc) is 2.28. The van der Waals surface area contributed by atoms with E-state index in [2.05, 4.69) is 11.9 Å². The van der Waals surface area contributed by atoms with Crippen molar-refractivity contribution in [3.63, 3.8) is 0 Å². The molecule has 0 aromatic rings. The van der Waals surface area contributed by atoms with Gasteiger partial charge in [0, 0.05) is 26.3 Å². The first kappa shape index (κ1) is 14.5. The molecule has 4 heteroatoms. The summed E-state index contributed by atoms with van der Waals surface area (Å²) >= 11 is 0. The van der Waals surface area contributed by atoms with Crippen molar-refractivity contribution in [2.24, 2.45) is 11.3 Å². The molecule has 0 saturated carbocycles. The van der Waals surface area contributed by atoms with E-state index in [4.69, 9.17) is 9.47 Å². The Labute approximate surface area is 104 Å². The number of carbonyl (C=O) groups is 1. The predicted molar refractivity (Wildman–Crippen MR) is 66.8 cm³/mol. The van der Waals surface area contributed by atoms with Gasteiger partial charge in [0.1, 0.15) is 0 Å². The van der Waals surface area contributed by atoms with E-state index in [0.717, 1.165) is 39.1 Å². The maximum Gasteiger partial charge on any atom is 0.312 e. The number of esters is 1. The zero-order valence-corrected chi connectivity index (χ0v) is 11.5. The molecule has 1 aliphatic heterocycles. The Kier molecular flexibility index (Phi) is 5.40. The molecule has 0 atom stereocenters. The molecule has 0 spiro atoms. The molecule has 4 nitrogen and oxygen atoms in total. The largest absolute Gasteiger partial charge is 0.469 e. The standard InChI is InChI=1S/C13H25NO3/c1-13(2,12(15)16-4)10-14(3)9-11-5-7-17-8-6-11/h11H,5-10H2,1-4H3. The first-order valence-electron chi connectivity index (χ1n) is 6.30. The van der Waals surface area contributed by atoms with Crippen LogP contribution in [0, 0.1) is 11.3 Å². The number of hydrogen-bond acceptors (Lipinski definition) is 4. The summed E-state index contributed by atoms with van der Waals surface area (Å²) in [5.74, 6) is 0.554. The van der Waals surface area contributed by atoms with Gasteiger partial charge in [-0.15, -0.1) is 0 Å². The van der Waals surface area contributed by atoms with Crippen LogP contribution in [0.5, 0.6) is 0 Å². The molecule has 100 valence electrons. The Morgan fingerprint density at radius 2 is 2.00 bits per heavy atom. The molecule has 0 unspecified atom stereocenters. The normalized spacial score (nSPS) is 18.4. The van der Waals surface area contributed by atoms with Crippen molar-refractivity contribution in [3.8, 4) is 0 Å². The minimum atomic E-state index is -0.436. The van der Waals surface area contributed by atoms with Crippen LogP contribution in [0.2, 0.25) is 0 Å². The summed E-state index contributed by atoms with van der Waals surface area (Å²) in [6, 6.07) is 0. The van der Waals surface area contributed by atoms with Crippen molar-refractivity contribution in [2.45, 2.75) is 26.7 Å². The highest BCUT2D eigenvalue weighted by Crippen LogP contribution is 2.21. The highest BCUT2D eigenvalue weighted by atomic mass is 16.5. The summed E-state index contributed by atoms with van der Waals surface area (Å²) in [5.41, 5.74) is -0.436. The van der Waals surface area contributed by atoms with Crippen LogP contribution >= 0.6 is 0 Å². The molecule has 1 rings (SSSR count). The zero-order valence-electron chi connectivity index (χ0n) is 11.5. The number of methoxy groups -OCH3 is 1. The Bertz CT molecular complexity index is 247. The number of rotatable bonds is 5. The highest BCUT2D eigenvalue weighted by molar-refractivity contribution is 5.76. The third kappa shape index (κ3) is 4.64. The summed E-state index contributed by atoms with van der Waals surface area (Å²) in [6.45, 7) is 7.37. The molecule has 0 aromatic heterocycles. The quantitative estimate of drug-likeness (QED) is 0.687. The second-order valence-electron chi connectivity index (χ2n) is 5.63. The van der Waals surface area contributed by atoms with Crippen molar-refractivity contribution in [3.05, 3.63) is 0 Å². The molecule has 17 heavy (non-hydrogen) atoms. The van der Waals surface area contributed by atoms with E-state index in [1.165, 1.54) is 7.11 Å². The lowest BCUT2D eigenvalue weighted by atomic mass is 9.92. The molecule has 0 aliphatic carbocycles. The van der Waals surface area contributed by atoms with E-state index >= 15 is 0 Å². The number of hydrogen-bond donors (Lipinski definition) is 0. The summed E-state index contributed by atoms with van der Waals surface area (Å²) in [5, 5.41) is 0. The average molecular weight is 243 g/mol. The van der Waals surface area contributed by atoms with Gasteiger partial charge in [-0.2, -0.15) is 0 Å². The molecule has 0 N–H and O–H groups in total. The molecule has 1 fully saturated rings. The Morgan fingerprint density at radius 1 is 1.41 bits per heavy atom. The minimum Gasteiger partial charge on any atom is -0.469 e. The van der Waals surface area contributed by atoms with Gasteiger partial charge < -0.3 is 14.4 Å². The third-order valence-corrected chi connectivity index (χ3v) is 3.31.